The van der Waals surface area contributed by atoms with Crippen molar-refractivity contribution in [2.24, 2.45) is 5.73 Å². The van der Waals surface area contributed by atoms with Crippen LogP contribution < -0.4 is 15.8 Å². The number of aryl methyl sites for hydroxylation is 1. The number of carbonyl (C=O) groups is 2. The van der Waals surface area contributed by atoms with Crippen LogP contribution in [0.25, 0.3) is 0 Å². The Hall–Kier alpha value is -2.82. The molecule has 2 aromatic rings. The quantitative estimate of drug-likeness (QED) is 0.889. The Labute approximate surface area is 129 Å². The summed E-state index contributed by atoms with van der Waals surface area (Å²) < 4.78 is 5.28. The van der Waals surface area contributed by atoms with E-state index in [2.05, 4.69) is 5.32 Å². The number of rotatable bonds is 5. The molecule has 3 N–H and O–H groups in total. The van der Waals surface area contributed by atoms with Crippen molar-refractivity contribution in [2.45, 2.75) is 13.8 Å². The maximum atomic E-state index is 12.4. The molecule has 0 saturated heterocycles. The summed E-state index contributed by atoms with van der Waals surface area (Å²) in [7, 11) is 0. The number of nitrogens with one attached hydrogen (secondary N) is 1. The standard InChI is InChI=1S/C17H18N2O3/c1-11-6-5-8-14(12(11)2)19-17(21)13-7-3-4-9-15(13)22-10-16(18)20/h3-9H,10H2,1-2H3,(H2,18,20)(H,19,21). The van der Waals surface area contributed by atoms with Gasteiger partial charge in [0.05, 0.1) is 5.56 Å². The summed E-state index contributed by atoms with van der Waals surface area (Å²) in [6.07, 6.45) is 0. The lowest BCUT2D eigenvalue weighted by atomic mass is 10.1. The van der Waals surface area contributed by atoms with Gasteiger partial charge in [-0.05, 0) is 43.2 Å². The highest BCUT2D eigenvalue weighted by atomic mass is 16.5. The molecule has 114 valence electrons. The van der Waals surface area contributed by atoms with Gasteiger partial charge in [-0.3, -0.25) is 9.59 Å². The van der Waals surface area contributed by atoms with Crippen LogP contribution in [0, 0.1) is 13.8 Å². The van der Waals surface area contributed by atoms with Gasteiger partial charge in [-0.2, -0.15) is 0 Å². The van der Waals surface area contributed by atoms with Gasteiger partial charge in [0.2, 0.25) is 0 Å². The molecule has 0 fully saturated rings. The first-order valence-corrected chi connectivity index (χ1v) is 6.86. The molecule has 0 atom stereocenters. The Bertz CT molecular complexity index is 711. The molecule has 0 aliphatic rings. The molecule has 2 rings (SSSR count). The first kappa shape index (κ1) is 15.6. The maximum Gasteiger partial charge on any atom is 0.259 e. The Kier molecular flexibility index (Phi) is 4.78. The van der Waals surface area contributed by atoms with Gasteiger partial charge in [-0.1, -0.05) is 24.3 Å². The van der Waals surface area contributed by atoms with Gasteiger partial charge in [-0.25, -0.2) is 0 Å². The number of ether oxygens (including phenoxy) is 1. The van der Waals surface area contributed by atoms with Crippen molar-refractivity contribution in [2.75, 3.05) is 11.9 Å². The minimum atomic E-state index is -0.593. The Morgan fingerprint density at radius 2 is 1.82 bits per heavy atom. The van der Waals surface area contributed by atoms with Crippen LogP contribution in [0.4, 0.5) is 5.69 Å². The van der Waals surface area contributed by atoms with E-state index in [4.69, 9.17) is 10.5 Å². The van der Waals surface area contributed by atoms with Crippen LogP contribution in [-0.4, -0.2) is 18.4 Å². The molecule has 0 radical (unpaired) electrons. The van der Waals surface area contributed by atoms with E-state index in [0.29, 0.717) is 11.3 Å². The Balaban J connectivity index is 2.22. The van der Waals surface area contributed by atoms with E-state index < -0.39 is 5.91 Å². The molecular weight excluding hydrogens is 280 g/mol. The van der Waals surface area contributed by atoms with Crippen molar-refractivity contribution in [3.8, 4) is 5.75 Å². The lowest BCUT2D eigenvalue weighted by Crippen LogP contribution is -2.21. The Morgan fingerprint density at radius 3 is 2.55 bits per heavy atom. The summed E-state index contributed by atoms with van der Waals surface area (Å²) in [4.78, 5) is 23.3. The molecule has 2 aromatic carbocycles. The molecule has 0 unspecified atom stereocenters. The number of nitrogens with two attached hydrogens (primary N) is 1. The third kappa shape index (κ3) is 3.63. The zero-order chi connectivity index (χ0) is 16.1. The van der Waals surface area contributed by atoms with Crippen molar-refractivity contribution in [1.29, 1.82) is 0 Å². The smallest absolute Gasteiger partial charge is 0.259 e. The first-order valence-electron chi connectivity index (χ1n) is 6.86. The van der Waals surface area contributed by atoms with Crippen LogP contribution >= 0.6 is 0 Å². The second-order valence-corrected chi connectivity index (χ2v) is 4.95. The normalized spacial score (nSPS) is 10.1. The van der Waals surface area contributed by atoms with E-state index in [-0.39, 0.29) is 12.5 Å². The van der Waals surface area contributed by atoms with Crippen molar-refractivity contribution in [3.63, 3.8) is 0 Å². The topological polar surface area (TPSA) is 81.4 Å². The number of para-hydroxylation sites is 1. The van der Waals surface area contributed by atoms with Crippen LogP contribution in [0.5, 0.6) is 5.75 Å². The van der Waals surface area contributed by atoms with Crippen LogP contribution in [0.15, 0.2) is 42.5 Å². The molecule has 5 nitrogen and oxygen atoms in total. The third-order valence-electron chi connectivity index (χ3n) is 3.35. The zero-order valence-corrected chi connectivity index (χ0v) is 12.6. The van der Waals surface area contributed by atoms with Gasteiger partial charge in [0, 0.05) is 5.69 Å². The first-order chi connectivity index (χ1) is 10.5. The molecule has 0 aromatic heterocycles. The fourth-order valence-electron chi connectivity index (χ4n) is 2.01. The molecule has 0 aliphatic carbocycles. The lowest BCUT2D eigenvalue weighted by molar-refractivity contribution is -0.119. The summed E-state index contributed by atoms with van der Waals surface area (Å²) in [5.74, 6) is -0.567. The largest absolute Gasteiger partial charge is 0.483 e. The molecule has 0 saturated carbocycles. The summed E-state index contributed by atoms with van der Waals surface area (Å²) >= 11 is 0. The van der Waals surface area contributed by atoms with Crippen molar-refractivity contribution in [1.82, 2.24) is 0 Å². The minimum absolute atomic E-state index is 0.270. The number of benzene rings is 2. The second kappa shape index (κ2) is 6.76. The lowest BCUT2D eigenvalue weighted by Gasteiger charge is -2.13. The van der Waals surface area contributed by atoms with Gasteiger partial charge in [0.15, 0.2) is 6.61 Å². The van der Waals surface area contributed by atoms with Crippen LogP contribution in [-0.2, 0) is 4.79 Å². The monoisotopic (exact) mass is 298 g/mol. The average molecular weight is 298 g/mol. The highest BCUT2D eigenvalue weighted by Gasteiger charge is 2.14. The molecule has 5 heteroatoms. The van der Waals surface area contributed by atoms with E-state index in [1.165, 1.54) is 0 Å². The number of hydrogen-bond acceptors (Lipinski definition) is 3. The average Bonchev–Trinajstić information content (AvgIpc) is 2.50. The minimum Gasteiger partial charge on any atom is -0.483 e. The molecule has 0 heterocycles. The summed E-state index contributed by atoms with van der Waals surface area (Å²) in [6, 6.07) is 12.4. The summed E-state index contributed by atoms with van der Waals surface area (Å²) in [6.45, 7) is 3.66. The Morgan fingerprint density at radius 1 is 1.09 bits per heavy atom. The summed E-state index contributed by atoms with van der Waals surface area (Å²) in [5.41, 5.74) is 8.26. The van der Waals surface area contributed by atoms with Gasteiger partial charge < -0.3 is 15.8 Å². The van der Waals surface area contributed by atoms with Crippen molar-refractivity contribution >= 4 is 17.5 Å². The highest BCUT2D eigenvalue weighted by Crippen LogP contribution is 2.22. The van der Waals surface area contributed by atoms with Crippen molar-refractivity contribution in [3.05, 3.63) is 59.2 Å². The number of carbonyl (C=O) groups excluding carboxylic acids is 2. The van der Waals surface area contributed by atoms with Gasteiger partial charge in [0.1, 0.15) is 5.75 Å². The highest BCUT2D eigenvalue weighted by molar-refractivity contribution is 6.06. The van der Waals surface area contributed by atoms with Crippen LogP contribution in [0.3, 0.4) is 0 Å². The SMILES string of the molecule is Cc1cccc(NC(=O)c2ccccc2OCC(N)=O)c1C. The van der Waals surface area contributed by atoms with Gasteiger partial charge in [0.25, 0.3) is 11.8 Å². The van der Waals surface area contributed by atoms with Crippen LogP contribution in [0.2, 0.25) is 0 Å². The number of hydrogen-bond donors (Lipinski definition) is 2. The molecule has 0 spiro atoms. The van der Waals surface area contributed by atoms with E-state index in [0.717, 1.165) is 16.8 Å². The van der Waals surface area contributed by atoms with E-state index in [1.54, 1.807) is 24.3 Å². The zero-order valence-electron chi connectivity index (χ0n) is 12.6. The third-order valence-corrected chi connectivity index (χ3v) is 3.35. The van der Waals surface area contributed by atoms with Gasteiger partial charge in [-0.15, -0.1) is 0 Å². The summed E-state index contributed by atoms with van der Waals surface area (Å²) in [5, 5.41) is 2.86. The number of primary amides is 1. The molecule has 22 heavy (non-hydrogen) atoms. The predicted octanol–water partition coefficient (Wildman–Crippen LogP) is 2.42. The molecule has 0 bridgehead atoms. The van der Waals surface area contributed by atoms with E-state index >= 15 is 0 Å². The maximum absolute atomic E-state index is 12.4. The number of amides is 2. The predicted molar refractivity (Wildman–Crippen MR) is 85.0 cm³/mol. The molecule has 0 aliphatic heterocycles. The van der Waals surface area contributed by atoms with E-state index in [1.807, 2.05) is 32.0 Å². The van der Waals surface area contributed by atoms with Crippen LogP contribution in [0.1, 0.15) is 21.5 Å². The van der Waals surface area contributed by atoms with E-state index in [9.17, 15) is 9.59 Å². The second-order valence-electron chi connectivity index (χ2n) is 4.95. The molecular formula is C17H18N2O3. The number of anilines is 1. The fraction of sp³-hybridized carbons (Fsp3) is 0.176. The molecule has 2 amide bonds. The van der Waals surface area contributed by atoms with Gasteiger partial charge >= 0.3 is 0 Å². The van der Waals surface area contributed by atoms with Crippen molar-refractivity contribution < 1.29 is 14.3 Å². The fourth-order valence-corrected chi connectivity index (χ4v) is 2.01.